The Morgan fingerprint density at radius 1 is 1.03 bits per heavy atom. The Labute approximate surface area is 225 Å². The molecule has 7 heteroatoms. The first-order valence-corrected chi connectivity index (χ1v) is 15.0. The molecule has 0 saturated carbocycles. The highest BCUT2D eigenvalue weighted by Gasteiger charge is 2.39. The first kappa shape index (κ1) is 29.7. The van der Waals surface area contributed by atoms with Gasteiger partial charge in [0, 0.05) is 45.3 Å². The largest absolute Gasteiger partial charge is 0.341 e. The van der Waals surface area contributed by atoms with E-state index in [1.807, 2.05) is 9.80 Å². The molecule has 3 heterocycles. The number of nitrogens with zero attached hydrogens (tertiary/aromatic N) is 4. The van der Waals surface area contributed by atoms with Crippen molar-refractivity contribution in [3.05, 3.63) is 17.2 Å². The van der Waals surface area contributed by atoms with Crippen molar-refractivity contribution < 1.29 is 9.59 Å². The van der Waals surface area contributed by atoms with E-state index in [0.29, 0.717) is 24.3 Å². The predicted molar refractivity (Wildman–Crippen MR) is 150 cm³/mol. The van der Waals surface area contributed by atoms with Gasteiger partial charge in [-0.1, -0.05) is 54.4 Å². The van der Waals surface area contributed by atoms with E-state index in [2.05, 4.69) is 58.5 Å². The summed E-state index contributed by atoms with van der Waals surface area (Å²) in [5.74, 6) is 2.81. The van der Waals surface area contributed by atoms with Crippen molar-refractivity contribution in [2.24, 2.45) is 24.8 Å². The Balaban J connectivity index is 1.64. The van der Waals surface area contributed by atoms with Gasteiger partial charge in [-0.3, -0.25) is 9.59 Å². The Kier molecular flexibility index (Phi) is 11.0. The molecule has 1 aromatic heterocycles. The monoisotopic (exact) mass is 515 g/mol. The number of carbonyl (C=O) groups excluding carboxylic acids is 2. The van der Waals surface area contributed by atoms with E-state index < -0.39 is 0 Å². The van der Waals surface area contributed by atoms with Crippen molar-refractivity contribution in [3.63, 3.8) is 0 Å². The van der Waals surface area contributed by atoms with Crippen LogP contribution in [-0.4, -0.2) is 69.4 Å². The second kappa shape index (κ2) is 13.8. The van der Waals surface area contributed by atoms with E-state index in [1.54, 1.807) is 0 Å². The molecule has 1 aromatic rings. The summed E-state index contributed by atoms with van der Waals surface area (Å²) in [6.07, 6.45) is 8.95. The van der Waals surface area contributed by atoms with Crippen molar-refractivity contribution in [1.82, 2.24) is 24.7 Å². The van der Waals surface area contributed by atoms with Crippen LogP contribution < -0.4 is 5.32 Å². The first-order valence-electron chi connectivity index (χ1n) is 15.0. The first-order chi connectivity index (χ1) is 17.7. The third-order valence-electron chi connectivity index (χ3n) is 8.15. The molecule has 2 saturated heterocycles. The molecule has 0 bridgehead atoms. The van der Waals surface area contributed by atoms with E-state index in [9.17, 15) is 9.59 Å². The van der Waals surface area contributed by atoms with Gasteiger partial charge in [-0.15, -0.1) is 0 Å². The van der Waals surface area contributed by atoms with Gasteiger partial charge >= 0.3 is 0 Å². The molecule has 0 radical (unpaired) electrons. The maximum atomic E-state index is 13.8. The van der Waals surface area contributed by atoms with Gasteiger partial charge in [-0.05, 0) is 56.3 Å². The van der Waals surface area contributed by atoms with Crippen LogP contribution in [0, 0.1) is 17.8 Å². The number of piperidine rings is 1. The van der Waals surface area contributed by atoms with Crippen molar-refractivity contribution in [3.8, 4) is 0 Å². The van der Waals surface area contributed by atoms with Crippen molar-refractivity contribution in [1.29, 1.82) is 0 Å². The Bertz CT molecular complexity index is 885. The SMILES string of the molecule is CCCc1nc(CC2CCN(C(=O)[C@H](CC(C)C)N3CCN[C@@H](CC(C)C)C3=O)CC2)n(C)c1CCC. The number of imidazole rings is 1. The Morgan fingerprint density at radius 3 is 2.30 bits per heavy atom. The molecule has 0 aliphatic carbocycles. The molecule has 0 spiro atoms. The molecule has 0 unspecified atom stereocenters. The van der Waals surface area contributed by atoms with Crippen LogP contribution in [0.5, 0.6) is 0 Å². The summed E-state index contributed by atoms with van der Waals surface area (Å²) in [5, 5.41) is 3.39. The number of nitrogens with one attached hydrogen (secondary N) is 1. The average Bonchev–Trinajstić information content (AvgIpc) is 3.13. The van der Waals surface area contributed by atoms with Gasteiger partial charge in [0.1, 0.15) is 11.9 Å². The molecule has 2 aliphatic rings. The third kappa shape index (κ3) is 7.58. The van der Waals surface area contributed by atoms with Gasteiger partial charge in [-0.25, -0.2) is 4.98 Å². The molecule has 7 nitrogen and oxygen atoms in total. The molecule has 3 rings (SSSR count). The number of likely N-dealkylation sites (tertiary alicyclic amines) is 1. The molecule has 1 N–H and O–H groups in total. The summed E-state index contributed by atoms with van der Waals surface area (Å²) < 4.78 is 2.34. The summed E-state index contributed by atoms with van der Waals surface area (Å²) in [6.45, 7) is 16.0. The number of amides is 2. The zero-order valence-electron chi connectivity index (χ0n) is 24.7. The minimum absolute atomic E-state index is 0.106. The minimum Gasteiger partial charge on any atom is -0.341 e. The van der Waals surface area contributed by atoms with Crippen molar-refractivity contribution in [2.45, 2.75) is 111 Å². The van der Waals surface area contributed by atoms with Crippen molar-refractivity contribution >= 4 is 11.8 Å². The van der Waals surface area contributed by atoms with Crippen LogP contribution >= 0.6 is 0 Å². The summed E-state index contributed by atoms with van der Waals surface area (Å²) >= 11 is 0. The van der Waals surface area contributed by atoms with Crippen LogP contribution in [0.2, 0.25) is 0 Å². The van der Waals surface area contributed by atoms with Crippen LogP contribution in [-0.2, 0) is 35.9 Å². The maximum absolute atomic E-state index is 13.8. The number of hydrogen-bond acceptors (Lipinski definition) is 4. The van der Waals surface area contributed by atoms with Gasteiger partial charge in [0.25, 0.3) is 0 Å². The highest BCUT2D eigenvalue weighted by molar-refractivity contribution is 5.90. The van der Waals surface area contributed by atoms with E-state index in [4.69, 9.17) is 4.98 Å². The molecule has 0 aromatic carbocycles. The van der Waals surface area contributed by atoms with Gasteiger partial charge in [0.2, 0.25) is 11.8 Å². The Morgan fingerprint density at radius 2 is 1.70 bits per heavy atom. The lowest BCUT2D eigenvalue weighted by Gasteiger charge is -2.42. The molecule has 2 atom stereocenters. The topological polar surface area (TPSA) is 70.5 Å². The van der Waals surface area contributed by atoms with Gasteiger partial charge in [0.05, 0.1) is 11.7 Å². The van der Waals surface area contributed by atoms with Gasteiger partial charge in [0.15, 0.2) is 0 Å². The van der Waals surface area contributed by atoms with Crippen LogP contribution in [0.1, 0.15) is 97.3 Å². The normalized spacial score (nSPS) is 20.4. The summed E-state index contributed by atoms with van der Waals surface area (Å²) in [6, 6.07) is -0.515. The quantitative estimate of drug-likeness (QED) is 0.449. The molecular weight excluding hydrogens is 462 g/mol. The number of piperazine rings is 1. The molecule has 37 heavy (non-hydrogen) atoms. The third-order valence-corrected chi connectivity index (χ3v) is 8.15. The number of rotatable bonds is 12. The number of carbonyl (C=O) groups is 2. The van der Waals surface area contributed by atoms with E-state index in [0.717, 1.165) is 77.4 Å². The minimum atomic E-state index is -0.344. The van der Waals surface area contributed by atoms with Crippen LogP contribution in [0.4, 0.5) is 0 Å². The highest BCUT2D eigenvalue weighted by Crippen LogP contribution is 2.26. The van der Waals surface area contributed by atoms with E-state index in [1.165, 1.54) is 17.2 Å². The lowest BCUT2D eigenvalue weighted by molar-refractivity contribution is -0.150. The molecule has 2 aliphatic heterocycles. The fourth-order valence-electron chi connectivity index (χ4n) is 6.17. The van der Waals surface area contributed by atoms with Crippen LogP contribution in [0.3, 0.4) is 0 Å². The second-order valence-electron chi connectivity index (χ2n) is 12.3. The smallest absolute Gasteiger partial charge is 0.245 e. The zero-order valence-corrected chi connectivity index (χ0v) is 24.7. The summed E-state index contributed by atoms with van der Waals surface area (Å²) in [5.41, 5.74) is 2.68. The van der Waals surface area contributed by atoms with E-state index >= 15 is 0 Å². The lowest BCUT2D eigenvalue weighted by Crippen LogP contribution is -2.62. The molecule has 210 valence electrons. The fraction of sp³-hybridized carbons (Fsp3) is 0.833. The molecule has 2 fully saturated rings. The zero-order chi connectivity index (χ0) is 27.1. The summed E-state index contributed by atoms with van der Waals surface area (Å²) in [7, 11) is 2.18. The van der Waals surface area contributed by atoms with Crippen LogP contribution in [0.25, 0.3) is 0 Å². The average molecular weight is 516 g/mol. The predicted octanol–water partition coefficient (Wildman–Crippen LogP) is 4.37. The fourth-order valence-corrected chi connectivity index (χ4v) is 6.17. The van der Waals surface area contributed by atoms with Crippen molar-refractivity contribution in [2.75, 3.05) is 26.2 Å². The Hall–Kier alpha value is -1.89. The highest BCUT2D eigenvalue weighted by atomic mass is 16.2. The number of aromatic nitrogens is 2. The van der Waals surface area contributed by atoms with Gasteiger partial charge < -0.3 is 19.7 Å². The van der Waals surface area contributed by atoms with Crippen LogP contribution in [0.15, 0.2) is 0 Å². The summed E-state index contributed by atoms with van der Waals surface area (Å²) in [4.78, 5) is 36.2. The maximum Gasteiger partial charge on any atom is 0.245 e. The number of hydrogen-bond donors (Lipinski definition) is 1. The second-order valence-corrected chi connectivity index (χ2v) is 12.3. The standard InChI is InChI=1S/C30H53N5O2/c1-8-10-24-26(11-9-2)33(7)28(32-24)20-23-12-15-34(16-13-23)30(37)27(19-22(5)6)35-17-14-31-25(29(35)36)18-21(3)4/h21-23,25,27,31H,8-20H2,1-7H3/t25-,27-/m0/s1. The molecular formula is C30H53N5O2. The van der Waals surface area contributed by atoms with E-state index in [-0.39, 0.29) is 23.9 Å². The van der Waals surface area contributed by atoms with Gasteiger partial charge in [-0.2, -0.15) is 0 Å². The number of aryl methyl sites for hydroxylation is 1. The lowest BCUT2D eigenvalue weighted by atomic mass is 9.91. The molecule has 2 amide bonds.